The van der Waals surface area contributed by atoms with E-state index < -0.39 is 35.6 Å². The van der Waals surface area contributed by atoms with Gasteiger partial charge in [0.25, 0.3) is 0 Å². The number of amides is 1. The van der Waals surface area contributed by atoms with Crippen LogP contribution in [0.1, 0.15) is 52.1 Å². The summed E-state index contributed by atoms with van der Waals surface area (Å²) >= 11 is 0. The molecular formula is C27H32N2O9. The van der Waals surface area contributed by atoms with Gasteiger partial charge in [-0.2, -0.15) is 0 Å². The quantitative estimate of drug-likeness (QED) is 0.238. The standard InChI is InChI=1S/C27H32N2O9/c1-14(2)13-34-24(31)19(28)12-29-25(32)36-21-16-9-7-8-10-17(16)22(37-26(33)38-27(4,5)6)23-18(21)11-20(35-23)15(3)30/h7-11,14,19H,12-13,28H2,1-6H3,(H,29,32)/t19-/m0/s1. The molecule has 0 saturated heterocycles. The molecule has 1 atom stereocenters. The number of Topliss-reactive ketones (excluding diaryl/α,β-unsaturated/α-hetero) is 1. The fourth-order valence-electron chi connectivity index (χ4n) is 3.38. The largest absolute Gasteiger partial charge is 0.514 e. The van der Waals surface area contributed by atoms with Crippen molar-refractivity contribution in [2.45, 2.75) is 53.2 Å². The number of esters is 1. The summed E-state index contributed by atoms with van der Waals surface area (Å²) in [5.41, 5.74) is 5.01. The second kappa shape index (κ2) is 11.5. The summed E-state index contributed by atoms with van der Waals surface area (Å²) in [6.45, 7) is 10.1. The summed E-state index contributed by atoms with van der Waals surface area (Å²) in [6.07, 6.45) is -1.88. The second-order valence-corrected chi connectivity index (χ2v) is 10.1. The van der Waals surface area contributed by atoms with Crippen LogP contribution in [-0.4, -0.2) is 48.8 Å². The van der Waals surface area contributed by atoms with Crippen LogP contribution in [0.5, 0.6) is 11.5 Å². The van der Waals surface area contributed by atoms with Crippen molar-refractivity contribution in [1.29, 1.82) is 0 Å². The third kappa shape index (κ3) is 7.00. The number of carbonyl (C=O) groups is 4. The van der Waals surface area contributed by atoms with E-state index in [2.05, 4.69) is 5.32 Å². The highest BCUT2D eigenvalue weighted by Crippen LogP contribution is 2.44. The first kappa shape index (κ1) is 28.5. The van der Waals surface area contributed by atoms with E-state index in [1.54, 1.807) is 45.0 Å². The van der Waals surface area contributed by atoms with Crippen molar-refractivity contribution in [2.24, 2.45) is 11.7 Å². The Hall–Kier alpha value is -4.12. The van der Waals surface area contributed by atoms with Crippen molar-refractivity contribution in [3.8, 4) is 11.5 Å². The molecule has 2 aromatic carbocycles. The molecule has 11 nitrogen and oxygen atoms in total. The minimum absolute atomic E-state index is 0.0000262. The molecule has 0 aliphatic carbocycles. The van der Waals surface area contributed by atoms with Crippen LogP contribution in [0.2, 0.25) is 0 Å². The van der Waals surface area contributed by atoms with E-state index in [4.69, 9.17) is 29.1 Å². The van der Waals surface area contributed by atoms with Crippen LogP contribution in [0.4, 0.5) is 9.59 Å². The van der Waals surface area contributed by atoms with Gasteiger partial charge in [-0.15, -0.1) is 0 Å². The molecule has 0 aliphatic heterocycles. The summed E-state index contributed by atoms with van der Waals surface area (Å²) in [5.74, 6) is -0.899. The predicted octanol–water partition coefficient (Wildman–Crippen LogP) is 4.72. The number of hydrogen-bond acceptors (Lipinski definition) is 10. The second-order valence-electron chi connectivity index (χ2n) is 10.1. The van der Waals surface area contributed by atoms with Gasteiger partial charge in [0.1, 0.15) is 11.6 Å². The van der Waals surface area contributed by atoms with Gasteiger partial charge in [-0.1, -0.05) is 38.1 Å². The molecule has 0 aliphatic rings. The number of benzene rings is 2. The molecule has 3 rings (SSSR count). The van der Waals surface area contributed by atoms with Crippen LogP contribution in [0.15, 0.2) is 34.7 Å². The van der Waals surface area contributed by atoms with Crippen molar-refractivity contribution in [3.05, 3.63) is 36.1 Å². The highest BCUT2D eigenvalue weighted by molar-refractivity contribution is 6.12. The minimum atomic E-state index is -1.10. The topological polar surface area (TPSA) is 156 Å². The van der Waals surface area contributed by atoms with Gasteiger partial charge < -0.3 is 34.4 Å². The molecule has 1 heterocycles. The van der Waals surface area contributed by atoms with Crippen LogP contribution >= 0.6 is 0 Å². The summed E-state index contributed by atoms with van der Waals surface area (Å²) in [7, 11) is 0. The molecule has 1 amide bonds. The number of fused-ring (bicyclic) bond motifs is 2. The number of rotatable bonds is 8. The first-order valence-electron chi connectivity index (χ1n) is 12.0. The fraction of sp³-hybridized carbons (Fsp3) is 0.407. The Balaban J connectivity index is 1.96. The monoisotopic (exact) mass is 528 g/mol. The highest BCUT2D eigenvalue weighted by atomic mass is 16.7. The van der Waals surface area contributed by atoms with Gasteiger partial charge >= 0.3 is 18.2 Å². The number of hydrogen-bond donors (Lipinski definition) is 2. The van der Waals surface area contributed by atoms with E-state index in [-0.39, 0.29) is 47.3 Å². The smallest absolute Gasteiger partial charge is 0.464 e. The Morgan fingerprint density at radius 1 is 1.00 bits per heavy atom. The van der Waals surface area contributed by atoms with E-state index in [9.17, 15) is 19.2 Å². The average molecular weight is 529 g/mol. The predicted molar refractivity (Wildman–Crippen MR) is 138 cm³/mol. The number of carbonyl (C=O) groups excluding carboxylic acids is 4. The van der Waals surface area contributed by atoms with Gasteiger partial charge in [0, 0.05) is 24.2 Å². The van der Waals surface area contributed by atoms with E-state index in [1.807, 2.05) is 13.8 Å². The zero-order valence-corrected chi connectivity index (χ0v) is 22.2. The lowest BCUT2D eigenvalue weighted by molar-refractivity contribution is -0.146. The third-order valence-corrected chi connectivity index (χ3v) is 5.04. The van der Waals surface area contributed by atoms with Gasteiger partial charge in [-0.25, -0.2) is 9.59 Å². The Kier molecular flexibility index (Phi) is 8.62. The molecule has 1 aromatic heterocycles. The van der Waals surface area contributed by atoms with Gasteiger partial charge in [0.2, 0.25) is 0 Å². The van der Waals surface area contributed by atoms with Gasteiger partial charge in [0.15, 0.2) is 28.6 Å². The van der Waals surface area contributed by atoms with Crippen LogP contribution in [0, 0.1) is 5.92 Å². The molecule has 0 fully saturated rings. The van der Waals surface area contributed by atoms with Gasteiger partial charge in [-0.05, 0) is 32.8 Å². The lowest BCUT2D eigenvalue weighted by Gasteiger charge is -2.19. The van der Waals surface area contributed by atoms with Crippen molar-refractivity contribution >= 4 is 45.7 Å². The number of ether oxygens (including phenoxy) is 4. The van der Waals surface area contributed by atoms with Crippen LogP contribution in [-0.2, 0) is 14.3 Å². The van der Waals surface area contributed by atoms with E-state index in [0.717, 1.165) is 0 Å². The maximum Gasteiger partial charge on any atom is 0.514 e. The molecule has 0 bridgehead atoms. The lowest BCUT2D eigenvalue weighted by Crippen LogP contribution is -2.44. The maximum absolute atomic E-state index is 12.7. The zero-order valence-electron chi connectivity index (χ0n) is 22.2. The van der Waals surface area contributed by atoms with Crippen molar-refractivity contribution in [2.75, 3.05) is 13.2 Å². The number of nitrogens with two attached hydrogens (primary N) is 1. The average Bonchev–Trinajstić information content (AvgIpc) is 3.27. The molecule has 0 unspecified atom stereocenters. The Labute approximate surface area is 219 Å². The van der Waals surface area contributed by atoms with Gasteiger partial charge in [-0.3, -0.25) is 9.59 Å². The number of ketones is 1. The maximum atomic E-state index is 12.7. The SMILES string of the molecule is CC(=O)c1cc2c(OC(=O)NC[C@H](N)C(=O)OCC(C)C)c3ccccc3c(OC(=O)OC(C)(C)C)c2o1. The van der Waals surface area contributed by atoms with Crippen LogP contribution in [0.3, 0.4) is 0 Å². The summed E-state index contributed by atoms with van der Waals surface area (Å²) in [5, 5.41) is 3.41. The molecule has 11 heteroatoms. The summed E-state index contributed by atoms with van der Waals surface area (Å²) < 4.78 is 27.2. The van der Waals surface area contributed by atoms with Crippen LogP contribution < -0.4 is 20.5 Å². The minimum Gasteiger partial charge on any atom is -0.464 e. The Bertz CT molecular complexity index is 1370. The number of nitrogens with one attached hydrogen (secondary N) is 1. The first-order valence-corrected chi connectivity index (χ1v) is 12.0. The molecule has 0 saturated carbocycles. The molecular weight excluding hydrogens is 496 g/mol. The Morgan fingerprint density at radius 3 is 2.21 bits per heavy atom. The van der Waals surface area contributed by atoms with Crippen molar-refractivity contribution < 1.29 is 42.5 Å². The molecule has 3 aromatic rings. The fourth-order valence-corrected chi connectivity index (χ4v) is 3.38. The molecule has 204 valence electrons. The molecule has 0 radical (unpaired) electrons. The lowest BCUT2D eigenvalue weighted by atomic mass is 10.1. The van der Waals surface area contributed by atoms with Gasteiger partial charge in [0.05, 0.1) is 12.0 Å². The van der Waals surface area contributed by atoms with Crippen LogP contribution in [0.25, 0.3) is 21.7 Å². The summed E-state index contributed by atoms with van der Waals surface area (Å²) in [6, 6.07) is 6.97. The summed E-state index contributed by atoms with van der Waals surface area (Å²) in [4.78, 5) is 49.3. The molecule has 3 N–H and O–H groups in total. The third-order valence-electron chi connectivity index (χ3n) is 5.04. The van der Waals surface area contributed by atoms with E-state index >= 15 is 0 Å². The molecule has 0 spiro atoms. The first-order chi connectivity index (χ1) is 17.8. The van der Waals surface area contributed by atoms with E-state index in [1.165, 1.54) is 13.0 Å². The van der Waals surface area contributed by atoms with Crippen molar-refractivity contribution in [3.63, 3.8) is 0 Å². The normalized spacial score (nSPS) is 12.3. The number of furan rings is 1. The van der Waals surface area contributed by atoms with Crippen molar-refractivity contribution in [1.82, 2.24) is 5.32 Å². The Morgan fingerprint density at radius 2 is 1.63 bits per heavy atom. The highest BCUT2D eigenvalue weighted by Gasteiger charge is 2.27. The molecule has 38 heavy (non-hydrogen) atoms. The zero-order chi connectivity index (χ0) is 28.2. The van der Waals surface area contributed by atoms with E-state index in [0.29, 0.717) is 10.8 Å².